The third-order valence-corrected chi connectivity index (χ3v) is 2.19. The smallest absolute Gasteiger partial charge is 0.115 e. The first-order valence-corrected chi connectivity index (χ1v) is 4.66. The van der Waals surface area contributed by atoms with Gasteiger partial charge >= 0.3 is 0 Å². The predicted molar refractivity (Wildman–Crippen MR) is 63.1 cm³/mol. The summed E-state index contributed by atoms with van der Waals surface area (Å²) in [5, 5.41) is 9.12. The molecule has 2 rings (SSSR count). The Labute approximate surface area is 112 Å². The Morgan fingerprint density at radius 1 is 0.733 bits per heavy atom. The Balaban J connectivity index is 0.00000112. The molecule has 0 saturated heterocycles. The number of benzene rings is 2. The Morgan fingerprint density at radius 3 is 1.87 bits per heavy atom. The van der Waals surface area contributed by atoms with Crippen LogP contribution in [0.3, 0.4) is 0 Å². The second-order valence-electron chi connectivity index (χ2n) is 3.33. The van der Waals surface area contributed by atoms with Gasteiger partial charge in [0.2, 0.25) is 0 Å². The molecule has 0 aromatic heterocycles. The molecule has 2 heteroatoms. The van der Waals surface area contributed by atoms with Crippen molar-refractivity contribution in [2.45, 2.75) is 6.42 Å². The number of rotatable bonds is 2. The number of hydrogen-bond acceptors (Lipinski definition) is 1. The van der Waals surface area contributed by atoms with Crippen molar-refractivity contribution in [2.75, 3.05) is 0 Å². The molecule has 15 heavy (non-hydrogen) atoms. The molecule has 0 aliphatic heterocycles. The van der Waals surface area contributed by atoms with E-state index in [1.165, 1.54) is 11.1 Å². The van der Waals surface area contributed by atoms with E-state index in [4.69, 9.17) is 5.11 Å². The second kappa shape index (κ2) is 5.96. The SMILES string of the molecule is Oc1ccc(Cc2ccccc2)cc1.[Na]. The van der Waals surface area contributed by atoms with Crippen molar-refractivity contribution in [3.8, 4) is 5.75 Å². The van der Waals surface area contributed by atoms with Gasteiger partial charge in [0.1, 0.15) is 5.75 Å². The van der Waals surface area contributed by atoms with Crippen LogP contribution >= 0.6 is 0 Å². The van der Waals surface area contributed by atoms with Crippen molar-refractivity contribution >= 4 is 29.6 Å². The van der Waals surface area contributed by atoms with Crippen molar-refractivity contribution in [1.29, 1.82) is 0 Å². The van der Waals surface area contributed by atoms with Gasteiger partial charge in [-0.15, -0.1) is 0 Å². The van der Waals surface area contributed by atoms with E-state index >= 15 is 0 Å². The molecule has 1 radical (unpaired) electrons. The van der Waals surface area contributed by atoms with Crippen molar-refractivity contribution in [1.82, 2.24) is 0 Å². The summed E-state index contributed by atoms with van der Waals surface area (Å²) in [6.07, 6.45) is 0.918. The number of aromatic hydroxyl groups is 1. The van der Waals surface area contributed by atoms with E-state index in [0.29, 0.717) is 5.75 Å². The minimum Gasteiger partial charge on any atom is -0.508 e. The molecule has 2 aromatic rings. The van der Waals surface area contributed by atoms with Crippen LogP contribution in [0.1, 0.15) is 11.1 Å². The summed E-state index contributed by atoms with van der Waals surface area (Å²) >= 11 is 0. The van der Waals surface area contributed by atoms with Crippen LogP contribution in [0.25, 0.3) is 0 Å². The van der Waals surface area contributed by atoms with Crippen molar-refractivity contribution in [3.63, 3.8) is 0 Å². The minimum absolute atomic E-state index is 0. The van der Waals surface area contributed by atoms with Gasteiger partial charge in [-0.1, -0.05) is 42.5 Å². The van der Waals surface area contributed by atoms with Crippen molar-refractivity contribution in [2.24, 2.45) is 0 Å². The molecule has 0 aliphatic carbocycles. The fourth-order valence-corrected chi connectivity index (χ4v) is 1.45. The van der Waals surface area contributed by atoms with E-state index in [2.05, 4.69) is 12.1 Å². The molecule has 71 valence electrons. The van der Waals surface area contributed by atoms with E-state index < -0.39 is 0 Å². The van der Waals surface area contributed by atoms with Crippen LogP contribution in [0.2, 0.25) is 0 Å². The summed E-state index contributed by atoms with van der Waals surface area (Å²) in [6.45, 7) is 0. The van der Waals surface area contributed by atoms with E-state index in [1.807, 2.05) is 30.3 Å². The van der Waals surface area contributed by atoms with Gasteiger partial charge in [0.25, 0.3) is 0 Å². The molecule has 1 nitrogen and oxygen atoms in total. The molecular weight excluding hydrogens is 195 g/mol. The van der Waals surface area contributed by atoms with Crippen LogP contribution < -0.4 is 0 Å². The third kappa shape index (κ3) is 3.71. The molecule has 0 aliphatic rings. The fraction of sp³-hybridized carbons (Fsp3) is 0.0769. The van der Waals surface area contributed by atoms with Crippen LogP contribution in [0.4, 0.5) is 0 Å². The Kier molecular flexibility index (Phi) is 4.89. The summed E-state index contributed by atoms with van der Waals surface area (Å²) < 4.78 is 0. The van der Waals surface area contributed by atoms with Crippen LogP contribution in [-0.4, -0.2) is 34.7 Å². The van der Waals surface area contributed by atoms with E-state index in [9.17, 15) is 0 Å². The standard InChI is InChI=1S/C13H12O.Na/c14-13-8-6-12(7-9-13)10-11-4-2-1-3-5-11;/h1-9,14H,10H2;. The molecule has 0 bridgehead atoms. The Morgan fingerprint density at radius 2 is 1.27 bits per heavy atom. The van der Waals surface area contributed by atoms with E-state index in [-0.39, 0.29) is 29.6 Å². The molecule has 0 amide bonds. The molecule has 0 heterocycles. The van der Waals surface area contributed by atoms with Crippen LogP contribution in [0, 0.1) is 0 Å². The molecule has 0 saturated carbocycles. The Hall–Kier alpha value is -0.760. The third-order valence-electron chi connectivity index (χ3n) is 2.19. The summed E-state index contributed by atoms with van der Waals surface area (Å²) in [4.78, 5) is 0. The quantitative estimate of drug-likeness (QED) is 0.750. The monoisotopic (exact) mass is 207 g/mol. The van der Waals surface area contributed by atoms with Gasteiger partial charge in [-0.25, -0.2) is 0 Å². The van der Waals surface area contributed by atoms with Crippen molar-refractivity contribution in [3.05, 3.63) is 65.7 Å². The normalized spacial score (nSPS) is 9.33. The average Bonchev–Trinajstić information content (AvgIpc) is 2.23. The first-order valence-electron chi connectivity index (χ1n) is 4.66. The Bertz CT molecular complexity index is 395. The topological polar surface area (TPSA) is 20.2 Å². The first kappa shape index (κ1) is 12.3. The predicted octanol–water partition coefficient (Wildman–Crippen LogP) is 2.60. The van der Waals surface area contributed by atoms with E-state index in [0.717, 1.165) is 6.42 Å². The maximum atomic E-state index is 9.12. The maximum Gasteiger partial charge on any atom is 0.115 e. The van der Waals surface area contributed by atoms with Gasteiger partial charge in [0.05, 0.1) is 0 Å². The number of phenols is 1. The zero-order valence-corrected chi connectivity index (χ0v) is 10.9. The second-order valence-corrected chi connectivity index (χ2v) is 3.33. The average molecular weight is 207 g/mol. The van der Waals surface area contributed by atoms with Crippen molar-refractivity contribution < 1.29 is 5.11 Å². The molecule has 0 atom stereocenters. The molecule has 0 fully saturated rings. The summed E-state index contributed by atoms with van der Waals surface area (Å²) in [6, 6.07) is 17.6. The van der Waals surface area contributed by atoms with Gasteiger partial charge in [-0.3, -0.25) is 0 Å². The molecule has 1 N–H and O–H groups in total. The largest absolute Gasteiger partial charge is 0.508 e. The minimum atomic E-state index is 0. The summed E-state index contributed by atoms with van der Waals surface area (Å²) in [5.74, 6) is 0.321. The zero-order chi connectivity index (χ0) is 9.80. The van der Waals surface area contributed by atoms with Gasteiger partial charge in [-0.05, 0) is 29.7 Å². The van der Waals surface area contributed by atoms with Gasteiger partial charge in [-0.2, -0.15) is 0 Å². The number of phenolic OH excluding ortho intramolecular Hbond substituents is 1. The molecular formula is C13H12NaO. The van der Waals surface area contributed by atoms with Gasteiger partial charge < -0.3 is 5.11 Å². The fourth-order valence-electron chi connectivity index (χ4n) is 1.45. The maximum absolute atomic E-state index is 9.12. The first-order chi connectivity index (χ1) is 6.84. The van der Waals surface area contributed by atoms with Crippen LogP contribution in [-0.2, 0) is 6.42 Å². The molecule has 0 spiro atoms. The van der Waals surface area contributed by atoms with Gasteiger partial charge in [0, 0.05) is 29.6 Å². The van der Waals surface area contributed by atoms with Crippen LogP contribution in [0.15, 0.2) is 54.6 Å². The number of hydrogen-bond donors (Lipinski definition) is 1. The molecule has 2 aromatic carbocycles. The van der Waals surface area contributed by atoms with Gasteiger partial charge in [0.15, 0.2) is 0 Å². The zero-order valence-electron chi connectivity index (χ0n) is 8.85. The van der Waals surface area contributed by atoms with E-state index in [1.54, 1.807) is 12.1 Å². The summed E-state index contributed by atoms with van der Waals surface area (Å²) in [7, 11) is 0. The van der Waals surface area contributed by atoms with Crippen LogP contribution in [0.5, 0.6) is 5.75 Å². The molecule has 0 unspecified atom stereocenters. The summed E-state index contributed by atoms with van der Waals surface area (Å²) in [5.41, 5.74) is 2.51.